The zero-order valence-electron chi connectivity index (χ0n) is 28.7. The SMILES string of the molecule is C=CCCC(=O)N(C)[C@H](C)[C@H](OC(=O)[C@@H]1[C@H]2C(=O)N([C@H](C)CO)[C@H](C(=O)N(CC=C)c3ccc(OC)cc3)[C@]23CC[C@H]1O3)c1ccccc1. The number of esters is 1. The van der Waals surface area contributed by atoms with Crippen LogP contribution in [0.4, 0.5) is 5.69 Å². The highest BCUT2D eigenvalue weighted by Crippen LogP contribution is 2.59. The number of aliphatic hydroxyl groups excluding tert-OH is 1. The van der Waals surface area contributed by atoms with Crippen molar-refractivity contribution in [1.29, 1.82) is 0 Å². The van der Waals surface area contributed by atoms with Gasteiger partial charge in [0.1, 0.15) is 23.5 Å². The number of aliphatic hydroxyl groups is 1. The summed E-state index contributed by atoms with van der Waals surface area (Å²) in [5, 5.41) is 10.3. The van der Waals surface area contributed by atoms with E-state index in [9.17, 15) is 24.3 Å². The molecule has 3 saturated heterocycles. The highest BCUT2D eigenvalue weighted by Gasteiger charge is 2.75. The predicted octanol–water partition coefficient (Wildman–Crippen LogP) is 4.07. The number of nitrogens with zero attached hydrogens (tertiary/aromatic N) is 3. The summed E-state index contributed by atoms with van der Waals surface area (Å²) in [4.78, 5) is 61.0. The Hall–Kier alpha value is -4.48. The van der Waals surface area contributed by atoms with Gasteiger partial charge < -0.3 is 34.0 Å². The van der Waals surface area contributed by atoms with Crippen LogP contribution >= 0.6 is 0 Å². The lowest BCUT2D eigenvalue weighted by molar-refractivity contribution is -0.165. The Bertz CT molecular complexity index is 1550. The molecule has 0 aromatic heterocycles. The minimum absolute atomic E-state index is 0.117. The quantitative estimate of drug-likeness (QED) is 0.222. The van der Waals surface area contributed by atoms with Crippen LogP contribution in [0, 0.1) is 11.8 Å². The zero-order valence-corrected chi connectivity index (χ0v) is 28.7. The number of anilines is 1. The summed E-state index contributed by atoms with van der Waals surface area (Å²) in [6.45, 7) is 10.8. The maximum atomic E-state index is 14.7. The highest BCUT2D eigenvalue weighted by atomic mass is 16.6. The van der Waals surface area contributed by atoms with E-state index in [0.29, 0.717) is 36.3 Å². The van der Waals surface area contributed by atoms with Crippen LogP contribution in [0.5, 0.6) is 5.75 Å². The fourth-order valence-electron chi connectivity index (χ4n) is 7.69. The number of hydrogen-bond acceptors (Lipinski definition) is 8. The first kappa shape index (κ1) is 35.8. The molecular formula is C38H47N3O8. The molecule has 49 heavy (non-hydrogen) atoms. The molecule has 5 rings (SSSR count). The van der Waals surface area contributed by atoms with Crippen LogP contribution in [-0.2, 0) is 28.7 Å². The van der Waals surface area contributed by atoms with Crippen molar-refractivity contribution in [2.24, 2.45) is 11.8 Å². The average Bonchev–Trinajstić information content (AvgIpc) is 3.78. The third-order valence-electron chi connectivity index (χ3n) is 10.3. The number of likely N-dealkylation sites (N-methyl/N-ethyl adjacent to an activating group) is 1. The van der Waals surface area contributed by atoms with E-state index in [4.69, 9.17) is 14.2 Å². The van der Waals surface area contributed by atoms with Crippen molar-refractivity contribution in [2.45, 2.75) is 75.5 Å². The molecule has 11 nitrogen and oxygen atoms in total. The number of rotatable bonds is 15. The van der Waals surface area contributed by atoms with E-state index in [-0.39, 0.29) is 25.5 Å². The fourth-order valence-corrected chi connectivity index (χ4v) is 7.69. The molecule has 0 saturated carbocycles. The summed E-state index contributed by atoms with van der Waals surface area (Å²) in [6, 6.07) is 13.8. The van der Waals surface area contributed by atoms with Crippen LogP contribution in [0.3, 0.4) is 0 Å². The summed E-state index contributed by atoms with van der Waals surface area (Å²) < 4.78 is 18.2. The molecule has 0 aliphatic carbocycles. The van der Waals surface area contributed by atoms with Crippen LogP contribution in [-0.4, -0.2) is 95.7 Å². The number of amides is 3. The maximum Gasteiger partial charge on any atom is 0.313 e. The predicted molar refractivity (Wildman–Crippen MR) is 183 cm³/mol. The molecule has 2 aromatic carbocycles. The molecular weight excluding hydrogens is 626 g/mol. The Morgan fingerprint density at radius 3 is 2.41 bits per heavy atom. The van der Waals surface area contributed by atoms with Gasteiger partial charge in [-0.2, -0.15) is 0 Å². The molecule has 1 N–H and O–H groups in total. The molecule has 2 aromatic rings. The van der Waals surface area contributed by atoms with Gasteiger partial charge in [0.25, 0.3) is 5.91 Å². The van der Waals surface area contributed by atoms with Crippen molar-refractivity contribution >= 4 is 29.4 Å². The lowest BCUT2D eigenvalue weighted by Gasteiger charge is -2.38. The number of methoxy groups -OCH3 is 1. The largest absolute Gasteiger partial charge is 0.497 e. The summed E-state index contributed by atoms with van der Waals surface area (Å²) in [6.07, 6.45) is 3.43. The van der Waals surface area contributed by atoms with E-state index in [1.165, 1.54) is 9.80 Å². The molecule has 3 heterocycles. The number of allylic oxidation sites excluding steroid dienone is 1. The lowest BCUT2D eigenvalue weighted by atomic mass is 9.70. The zero-order chi connectivity index (χ0) is 35.5. The molecule has 0 radical (unpaired) electrons. The number of fused-ring (bicyclic) bond motifs is 1. The van der Waals surface area contributed by atoms with Gasteiger partial charge in [-0.25, -0.2) is 0 Å². The molecule has 3 aliphatic heterocycles. The van der Waals surface area contributed by atoms with Gasteiger partial charge in [-0.05, 0) is 62.9 Å². The monoisotopic (exact) mass is 673 g/mol. The molecule has 1 spiro atoms. The Labute approximate surface area is 288 Å². The van der Waals surface area contributed by atoms with Gasteiger partial charge in [0.05, 0.1) is 43.7 Å². The Morgan fingerprint density at radius 2 is 1.80 bits per heavy atom. The number of likely N-dealkylation sites (tertiary alicyclic amines) is 1. The molecule has 8 atom stereocenters. The van der Waals surface area contributed by atoms with Crippen molar-refractivity contribution in [1.82, 2.24) is 9.80 Å². The van der Waals surface area contributed by atoms with Crippen molar-refractivity contribution in [3.05, 3.63) is 85.5 Å². The van der Waals surface area contributed by atoms with Gasteiger partial charge in [0, 0.05) is 25.7 Å². The van der Waals surface area contributed by atoms with Gasteiger partial charge in [-0.15, -0.1) is 13.2 Å². The van der Waals surface area contributed by atoms with Crippen LogP contribution in [0.25, 0.3) is 0 Å². The maximum absolute atomic E-state index is 14.7. The van der Waals surface area contributed by atoms with Crippen LogP contribution in [0.1, 0.15) is 51.2 Å². The van der Waals surface area contributed by atoms with Crippen molar-refractivity contribution in [2.75, 3.05) is 32.2 Å². The minimum atomic E-state index is -1.30. The van der Waals surface area contributed by atoms with Gasteiger partial charge in [0.2, 0.25) is 11.8 Å². The van der Waals surface area contributed by atoms with Crippen LogP contribution in [0.2, 0.25) is 0 Å². The molecule has 3 amide bonds. The third-order valence-corrected chi connectivity index (χ3v) is 10.3. The Balaban J connectivity index is 1.49. The highest BCUT2D eigenvalue weighted by molar-refractivity contribution is 6.04. The van der Waals surface area contributed by atoms with Crippen LogP contribution < -0.4 is 9.64 Å². The lowest BCUT2D eigenvalue weighted by Crippen LogP contribution is -2.58. The molecule has 2 bridgehead atoms. The minimum Gasteiger partial charge on any atom is -0.497 e. The number of carbonyl (C=O) groups excluding carboxylic acids is 4. The standard InChI is InChI=1S/C38H47N3O8/c1-7-9-15-30(43)39(5)25(4)33(26-13-11-10-12-14-26)48-37(46)31-29-20-21-38(49-29)32(31)35(44)41(24(3)23-42)34(38)36(45)40(22-8-2)27-16-18-28(47-6)19-17-27/h7-8,10-14,16-19,24-25,29,31-34,42H,1-2,9,15,20-23H2,3-6H3/t24-,25-,29-,31+,32+,33+,34-,38+/m1/s1. The molecule has 3 aliphatic rings. The Morgan fingerprint density at radius 1 is 1.10 bits per heavy atom. The summed E-state index contributed by atoms with van der Waals surface area (Å²) in [5.41, 5.74) is -0.0284. The molecule has 262 valence electrons. The topological polar surface area (TPSA) is 126 Å². The van der Waals surface area contributed by atoms with E-state index in [1.807, 2.05) is 37.3 Å². The normalized spacial score (nSPS) is 25.6. The Kier molecular flexibility index (Phi) is 10.9. The first-order valence-corrected chi connectivity index (χ1v) is 16.8. The molecule has 0 unspecified atom stereocenters. The summed E-state index contributed by atoms with van der Waals surface area (Å²) in [5.74, 6) is -2.93. The first-order chi connectivity index (χ1) is 23.5. The molecule has 3 fully saturated rings. The van der Waals surface area contributed by atoms with Gasteiger partial charge in [0.15, 0.2) is 0 Å². The van der Waals surface area contributed by atoms with Gasteiger partial charge in [-0.1, -0.05) is 42.5 Å². The smallest absolute Gasteiger partial charge is 0.313 e. The second-order valence-electron chi connectivity index (χ2n) is 13.1. The number of hydrogen-bond donors (Lipinski definition) is 1. The number of ether oxygens (including phenoxy) is 3. The third kappa shape index (κ3) is 6.49. The average molecular weight is 674 g/mol. The van der Waals surface area contributed by atoms with E-state index < -0.39 is 65.6 Å². The fraction of sp³-hybridized carbons (Fsp3) is 0.474. The van der Waals surface area contributed by atoms with Gasteiger partial charge >= 0.3 is 5.97 Å². The number of carbonyl (C=O) groups is 4. The van der Waals surface area contributed by atoms with Crippen molar-refractivity contribution < 1.29 is 38.5 Å². The second kappa shape index (κ2) is 15.0. The molecule has 11 heteroatoms. The first-order valence-electron chi connectivity index (χ1n) is 16.8. The van der Waals surface area contributed by atoms with Gasteiger partial charge in [-0.3, -0.25) is 19.2 Å². The summed E-state index contributed by atoms with van der Waals surface area (Å²) in [7, 11) is 3.23. The second-order valence-corrected chi connectivity index (χ2v) is 13.1. The van der Waals surface area contributed by atoms with Crippen molar-refractivity contribution in [3.63, 3.8) is 0 Å². The van der Waals surface area contributed by atoms with Crippen molar-refractivity contribution in [3.8, 4) is 5.75 Å². The van der Waals surface area contributed by atoms with E-state index in [0.717, 1.165) is 0 Å². The number of benzene rings is 2. The van der Waals surface area contributed by atoms with E-state index in [2.05, 4.69) is 13.2 Å². The van der Waals surface area contributed by atoms with E-state index >= 15 is 0 Å². The van der Waals surface area contributed by atoms with E-state index in [1.54, 1.807) is 62.4 Å². The summed E-state index contributed by atoms with van der Waals surface area (Å²) >= 11 is 0. The van der Waals surface area contributed by atoms with Crippen LogP contribution in [0.15, 0.2) is 79.9 Å².